The minimum absolute atomic E-state index is 0.100. The first-order chi connectivity index (χ1) is 13.2. The van der Waals surface area contributed by atoms with Gasteiger partial charge in [-0.2, -0.15) is 0 Å². The molecule has 0 amide bonds. The molecule has 0 radical (unpaired) electrons. The van der Waals surface area contributed by atoms with E-state index in [0.29, 0.717) is 23.0 Å². The number of aliphatic carboxylic acids is 1. The molecule has 148 valence electrons. The van der Waals surface area contributed by atoms with Gasteiger partial charge in [0.2, 0.25) is 0 Å². The number of carboxylic acids is 1. The standard InChI is InChI=1S/C19H21F2N5O2/c1-4-19(2,3)14(6-15(27)28)25-18-13(21)9-24-17(26-18)12-8-23-16-11(12)5-10(20)7-22-16/h5,7-9,14H,4,6H2,1-3H3,(H,22,23)(H,27,28)(H,24,25,26). The Hall–Kier alpha value is -3.10. The van der Waals surface area contributed by atoms with Gasteiger partial charge in [0.05, 0.1) is 18.8 Å². The van der Waals surface area contributed by atoms with Gasteiger partial charge in [-0.05, 0) is 17.9 Å². The fourth-order valence-electron chi connectivity index (χ4n) is 2.87. The van der Waals surface area contributed by atoms with E-state index >= 15 is 0 Å². The summed E-state index contributed by atoms with van der Waals surface area (Å²) in [5.74, 6) is -2.13. The first-order valence-electron chi connectivity index (χ1n) is 8.85. The van der Waals surface area contributed by atoms with Crippen LogP contribution in [0.3, 0.4) is 0 Å². The van der Waals surface area contributed by atoms with Crippen molar-refractivity contribution >= 4 is 22.8 Å². The summed E-state index contributed by atoms with van der Waals surface area (Å²) in [4.78, 5) is 26.3. The van der Waals surface area contributed by atoms with Crippen molar-refractivity contribution in [3.63, 3.8) is 0 Å². The highest BCUT2D eigenvalue weighted by atomic mass is 19.1. The van der Waals surface area contributed by atoms with Gasteiger partial charge >= 0.3 is 5.97 Å². The second kappa shape index (κ2) is 7.49. The van der Waals surface area contributed by atoms with Crippen molar-refractivity contribution in [2.24, 2.45) is 5.41 Å². The highest BCUT2D eigenvalue weighted by Gasteiger charge is 2.31. The largest absolute Gasteiger partial charge is 0.481 e. The van der Waals surface area contributed by atoms with Crippen LogP contribution in [0.4, 0.5) is 14.6 Å². The van der Waals surface area contributed by atoms with Crippen LogP contribution >= 0.6 is 0 Å². The van der Waals surface area contributed by atoms with Crippen LogP contribution in [0.5, 0.6) is 0 Å². The van der Waals surface area contributed by atoms with Crippen LogP contribution in [0.25, 0.3) is 22.4 Å². The Balaban J connectivity index is 2.01. The molecule has 0 saturated carbocycles. The van der Waals surface area contributed by atoms with Crippen molar-refractivity contribution in [3.8, 4) is 11.4 Å². The number of anilines is 1. The van der Waals surface area contributed by atoms with Crippen LogP contribution < -0.4 is 5.32 Å². The minimum Gasteiger partial charge on any atom is -0.481 e. The molecule has 0 aliphatic heterocycles. The quantitative estimate of drug-likeness (QED) is 0.564. The zero-order chi connectivity index (χ0) is 20.5. The van der Waals surface area contributed by atoms with E-state index in [2.05, 4.69) is 25.3 Å². The maximum absolute atomic E-state index is 14.4. The van der Waals surface area contributed by atoms with Crippen LogP contribution in [0.2, 0.25) is 0 Å². The predicted molar refractivity (Wildman–Crippen MR) is 101 cm³/mol. The molecule has 28 heavy (non-hydrogen) atoms. The van der Waals surface area contributed by atoms with Crippen molar-refractivity contribution in [2.45, 2.75) is 39.7 Å². The number of aromatic amines is 1. The predicted octanol–water partition coefficient (Wildman–Crippen LogP) is 3.99. The number of carbonyl (C=O) groups is 1. The Kier molecular flexibility index (Phi) is 5.26. The molecule has 0 spiro atoms. The molecule has 3 aromatic rings. The Labute approximate surface area is 160 Å². The molecular formula is C19H21F2N5O2. The third-order valence-electron chi connectivity index (χ3n) is 5.03. The smallest absolute Gasteiger partial charge is 0.305 e. The van der Waals surface area contributed by atoms with Gasteiger partial charge in [-0.1, -0.05) is 20.8 Å². The third-order valence-corrected chi connectivity index (χ3v) is 5.03. The van der Waals surface area contributed by atoms with Gasteiger partial charge in [0, 0.05) is 23.2 Å². The second-order valence-corrected chi connectivity index (χ2v) is 7.28. The molecule has 1 atom stereocenters. The summed E-state index contributed by atoms with van der Waals surface area (Å²) in [5, 5.41) is 12.6. The number of hydrogen-bond acceptors (Lipinski definition) is 5. The number of hydrogen-bond donors (Lipinski definition) is 3. The summed E-state index contributed by atoms with van der Waals surface area (Å²) < 4.78 is 27.9. The van der Waals surface area contributed by atoms with Gasteiger partial charge in [-0.3, -0.25) is 4.79 Å². The number of pyridine rings is 1. The van der Waals surface area contributed by atoms with Gasteiger partial charge < -0.3 is 15.4 Å². The summed E-state index contributed by atoms with van der Waals surface area (Å²) in [6.07, 6.45) is 4.16. The number of rotatable bonds is 7. The number of fused-ring (bicyclic) bond motifs is 1. The normalized spacial score (nSPS) is 12.9. The van der Waals surface area contributed by atoms with Crippen LogP contribution in [0, 0.1) is 17.0 Å². The number of carboxylic acid groups (broad SMARTS) is 1. The van der Waals surface area contributed by atoms with Gasteiger partial charge in [-0.15, -0.1) is 0 Å². The van der Waals surface area contributed by atoms with Crippen molar-refractivity contribution < 1.29 is 18.7 Å². The van der Waals surface area contributed by atoms with E-state index in [1.54, 1.807) is 6.20 Å². The van der Waals surface area contributed by atoms with E-state index in [1.165, 1.54) is 6.07 Å². The Bertz CT molecular complexity index is 1020. The fourth-order valence-corrected chi connectivity index (χ4v) is 2.87. The lowest BCUT2D eigenvalue weighted by Gasteiger charge is -2.33. The summed E-state index contributed by atoms with van der Waals surface area (Å²) in [6, 6.07) is 0.746. The number of nitrogens with zero attached hydrogens (tertiary/aromatic N) is 3. The summed E-state index contributed by atoms with van der Waals surface area (Å²) in [5.41, 5.74) is 0.508. The topological polar surface area (TPSA) is 104 Å². The molecule has 3 rings (SSSR count). The van der Waals surface area contributed by atoms with E-state index in [4.69, 9.17) is 0 Å². The average Bonchev–Trinajstić information content (AvgIpc) is 3.05. The molecule has 3 heterocycles. The van der Waals surface area contributed by atoms with Crippen molar-refractivity contribution in [1.29, 1.82) is 0 Å². The van der Waals surface area contributed by atoms with Crippen LogP contribution in [-0.4, -0.2) is 37.1 Å². The van der Waals surface area contributed by atoms with E-state index in [0.717, 1.165) is 12.4 Å². The molecule has 0 saturated heterocycles. The molecular weight excluding hydrogens is 368 g/mol. The maximum atomic E-state index is 14.4. The van der Waals surface area contributed by atoms with Crippen LogP contribution in [0.1, 0.15) is 33.6 Å². The van der Waals surface area contributed by atoms with E-state index in [9.17, 15) is 18.7 Å². The fraction of sp³-hybridized carbons (Fsp3) is 0.368. The number of nitrogens with one attached hydrogen (secondary N) is 2. The molecule has 1 unspecified atom stereocenters. The minimum atomic E-state index is -0.994. The maximum Gasteiger partial charge on any atom is 0.305 e. The average molecular weight is 389 g/mol. The first-order valence-corrected chi connectivity index (χ1v) is 8.85. The monoisotopic (exact) mass is 389 g/mol. The zero-order valence-corrected chi connectivity index (χ0v) is 15.8. The highest BCUT2D eigenvalue weighted by molar-refractivity contribution is 5.91. The summed E-state index contributed by atoms with van der Waals surface area (Å²) >= 11 is 0. The molecule has 0 fully saturated rings. The molecule has 3 N–H and O–H groups in total. The molecule has 0 aliphatic carbocycles. The molecule has 7 nitrogen and oxygen atoms in total. The van der Waals surface area contributed by atoms with Crippen molar-refractivity contribution in [2.75, 3.05) is 5.32 Å². The van der Waals surface area contributed by atoms with E-state index in [1.807, 2.05) is 20.8 Å². The molecule has 3 aromatic heterocycles. The zero-order valence-electron chi connectivity index (χ0n) is 15.8. The third kappa shape index (κ3) is 3.92. The Morgan fingerprint density at radius 2 is 2.07 bits per heavy atom. The molecule has 0 aliphatic rings. The van der Waals surface area contributed by atoms with Gasteiger partial charge in [0.1, 0.15) is 11.5 Å². The summed E-state index contributed by atoms with van der Waals surface area (Å²) in [7, 11) is 0. The molecule has 0 bridgehead atoms. The lowest BCUT2D eigenvalue weighted by molar-refractivity contribution is -0.137. The number of halogens is 2. The van der Waals surface area contributed by atoms with E-state index < -0.39 is 29.1 Å². The SMILES string of the molecule is CCC(C)(C)C(CC(=O)O)Nc1nc(-c2c[nH]c3ncc(F)cc23)ncc1F. The molecule has 9 heteroatoms. The first kappa shape index (κ1) is 19.7. The van der Waals surface area contributed by atoms with Gasteiger partial charge in [0.15, 0.2) is 17.5 Å². The lowest BCUT2D eigenvalue weighted by Crippen LogP contribution is -2.38. The molecule has 0 aromatic carbocycles. The van der Waals surface area contributed by atoms with Crippen LogP contribution in [-0.2, 0) is 4.79 Å². The summed E-state index contributed by atoms with van der Waals surface area (Å²) in [6.45, 7) is 5.75. The van der Waals surface area contributed by atoms with Crippen molar-refractivity contribution in [3.05, 3.63) is 36.3 Å². The Morgan fingerprint density at radius 1 is 1.32 bits per heavy atom. The van der Waals surface area contributed by atoms with Gasteiger partial charge in [0.25, 0.3) is 0 Å². The highest BCUT2D eigenvalue weighted by Crippen LogP contribution is 2.31. The van der Waals surface area contributed by atoms with E-state index in [-0.39, 0.29) is 18.1 Å². The number of aromatic nitrogens is 4. The second-order valence-electron chi connectivity index (χ2n) is 7.28. The van der Waals surface area contributed by atoms with Crippen molar-refractivity contribution in [1.82, 2.24) is 19.9 Å². The lowest BCUT2D eigenvalue weighted by atomic mass is 9.80. The van der Waals surface area contributed by atoms with Crippen LogP contribution in [0.15, 0.2) is 24.7 Å². The number of H-pyrrole nitrogens is 1. The van der Waals surface area contributed by atoms with Gasteiger partial charge in [-0.25, -0.2) is 23.7 Å². The Morgan fingerprint density at radius 3 is 2.75 bits per heavy atom.